The number of halogens is 1. The van der Waals surface area contributed by atoms with Crippen LogP contribution in [0.4, 0.5) is 9.18 Å². The number of urea groups is 1. The van der Waals surface area contributed by atoms with Gasteiger partial charge in [-0.2, -0.15) is 0 Å². The molecule has 2 aliphatic rings. The minimum atomic E-state index is -0.251. The van der Waals surface area contributed by atoms with Crippen LogP contribution in [0.15, 0.2) is 36.8 Å². The van der Waals surface area contributed by atoms with Gasteiger partial charge in [0.25, 0.3) is 0 Å². The zero-order valence-electron chi connectivity index (χ0n) is 15.6. The third-order valence-corrected chi connectivity index (χ3v) is 5.83. The zero-order chi connectivity index (χ0) is 18.6. The van der Waals surface area contributed by atoms with Crippen molar-refractivity contribution in [1.29, 1.82) is 0 Å². The molecule has 1 aliphatic heterocycles. The Kier molecular flexibility index (Phi) is 5.41. The van der Waals surface area contributed by atoms with Crippen LogP contribution in [0.1, 0.15) is 51.0 Å². The van der Waals surface area contributed by atoms with E-state index in [0.29, 0.717) is 12.1 Å². The standard InChI is InChI=1S/C21H27FN4O/c22-17-6-4-5-16(13-17)20-14-26(15-23-20)19-9-11-25(12-10-19)21(27)24-18-7-2-1-3-8-18/h4-6,13-15,18-19H,1-3,7-12H2,(H,24,27). The summed E-state index contributed by atoms with van der Waals surface area (Å²) in [6.45, 7) is 1.52. The van der Waals surface area contributed by atoms with Gasteiger partial charge in [-0.3, -0.25) is 0 Å². The van der Waals surface area contributed by atoms with Crippen LogP contribution >= 0.6 is 0 Å². The van der Waals surface area contributed by atoms with E-state index in [9.17, 15) is 9.18 Å². The molecule has 0 atom stereocenters. The first kappa shape index (κ1) is 18.0. The molecule has 2 heterocycles. The van der Waals surface area contributed by atoms with E-state index >= 15 is 0 Å². The predicted octanol–water partition coefficient (Wildman–Crippen LogP) is 4.37. The molecule has 2 amide bonds. The molecule has 0 radical (unpaired) electrons. The monoisotopic (exact) mass is 370 g/mol. The average Bonchev–Trinajstić information content (AvgIpc) is 3.19. The molecule has 1 aromatic heterocycles. The molecular weight excluding hydrogens is 343 g/mol. The molecule has 6 heteroatoms. The second kappa shape index (κ2) is 8.11. The van der Waals surface area contributed by atoms with E-state index in [-0.39, 0.29) is 11.8 Å². The largest absolute Gasteiger partial charge is 0.335 e. The van der Waals surface area contributed by atoms with Gasteiger partial charge in [-0.05, 0) is 37.8 Å². The number of carbonyl (C=O) groups excluding carboxylic acids is 1. The summed E-state index contributed by atoms with van der Waals surface area (Å²) in [4.78, 5) is 18.9. The third-order valence-electron chi connectivity index (χ3n) is 5.83. The summed E-state index contributed by atoms with van der Waals surface area (Å²) < 4.78 is 15.5. The van der Waals surface area contributed by atoms with Crippen molar-refractivity contribution in [3.63, 3.8) is 0 Å². The number of piperidine rings is 1. The first-order chi connectivity index (χ1) is 13.2. The Morgan fingerprint density at radius 1 is 1.11 bits per heavy atom. The number of aromatic nitrogens is 2. The quantitative estimate of drug-likeness (QED) is 0.872. The Bertz CT molecular complexity index is 776. The fourth-order valence-electron chi connectivity index (χ4n) is 4.21. The lowest BCUT2D eigenvalue weighted by Gasteiger charge is -2.34. The molecule has 1 saturated carbocycles. The normalized spacial score (nSPS) is 19.2. The predicted molar refractivity (Wildman–Crippen MR) is 103 cm³/mol. The van der Waals surface area contributed by atoms with Gasteiger partial charge >= 0.3 is 6.03 Å². The second-order valence-corrected chi connectivity index (χ2v) is 7.72. The van der Waals surface area contributed by atoms with Gasteiger partial charge in [-0.25, -0.2) is 14.2 Å². The number of imidazole rings is 1. The number of rotatable bonds is 3. The highest BCUT2D eigenvalue weighted by Gasteiger charge is 2.25. The van der Waals surface area contributed by atoms with Crippen LogP contribution < -0.4 is 5.32 Å². The highest BCUT2D eigenvalue weighted by molar-refractivity contribution is 5.74. The van der Waals surface area contributed by atoms with Gasteiger partial charge in [0.05, 0.1) is 12.0 Å². The summed E-state index contributed by atoms with van der Waals surface area (Å²) in [7, 11) is 0. The topological polar surface area (TPSA) is 50.2 Å². The van der Waals surface area contributed by atoms with Crippen LogP contribution in [0, 0.1) is 5.82 Å². The summed E-state index contributed by atoms with van der Waals surface area (Å²) >= 11 is 0. The van der Waals surface area contributed by atoms with E-state index in [0.717, 1.165) is 50.0 Å². The van der Waals surface area contributed by atoms with Crippen molar-refractivity contribution < 1.29 is 9.18 Å². The minimum absolute atomic E-state index is 0.0893. The lowest BCUT2D eigenvalue weighted by Crippen LogP contribution is -2.48. The van der Waals surface area contributed by atoms with Crippen LogP contribution in [-0.2, 0) is 0 Å². The zero-order valence-corrected chi connectivity index (χ0v) is 15.6. The number of hydrogen-bond acceptors (Lipinski definition) is 2. The van der Waals surface area contributed by atoms with Crippen molar-refractivity contribution in [3.8, 4) is 11.3 Å². The van der Waals surface area contributed by atoms with Gasteiger partial charge in [0.15, 0.2) is 0 Å². The van der Waals surface area contributed by atoms with E-state index in [4.69, 9.17) is 0 Å². The smallest absolute Gasteiger partial charge is 0.317 e. The van der Waals surface area contributed by atoms with Crippen molar-refractivity contribution >= 4 is 6.03 Å². The van der Waals surface area contributed by atoms with E-state index in [1.807, 2.05) is 23.5 Å². The first-order valence-corrected chi connectivity index (χ1v) is 10.0. The summed E-state index contributed by atoms with van der Waals surface area (Å²) in [6, 6.07) is 7.29. The van der Waals surface area contributed by atoms with E-state index < -0.39 is 0 Å². The summed E-state index contributed by atoms with van der Waals surface area (Å²) in [5.41, 5.74) is 1.57. The molecule has 0 spiro atoms. The van der Waals surface area contributed by atoms with Crippen molar-refractivity contribution in [2.75, 3.05) is 13.1 Å². The van der Waals surface area contributed by atoms with Crippen molar-refractivity contribution in [3.05, 3.63) is 42.6 Å². The number of hydrogen-bond donors (Lipinski definition) is 1. The lowest BCUT2D eigenvalue weighted by atomic mass is 9.95. The van der Waals surface area contributed by atoms with Crippen LogP contribution in [-0.4, -0.2) is 39.6 Å². The molecule has 1 N–H and O–H groups in total. The third kappa shape index (κ3) is 4.31. The number of benzene rings is 1. The van der Waals surface area contributed by atoms with Crippen LogP contribution in [0.3, 0.4) is 0 Å². The van der Waals surface area contributed by atoms with Crippen LogP contribution in [0.5, 0.6) is 0 Å². The second-order valence-electron chi connectivity index (χ2n) is 7.72. The number of nitrogens with one attached hydrogen (secondary N) is 1. The molecule has 0 bridgehead atoms. The molecule has 1 saturated heterocycles. The van der Waals surface area contributed by atoms with Gasteiger partial charge in [0.2, 0.25) is 0 Å². The van der Waals surface area contributed by atoms with Crippen LogP contribution in [0.2, 0.25) is 0 Å². The van der Waals surface area contributed by atoms with Gasteiger partial charge < -0.3 is 14.8 Å². The highest BCUT2D eigenvalue weighted by Crippen LogP contribution is 2.26. The molecule has 2 fully saturated rings. The molecule has 0 unspecified atom stereocenters. The highest BCUT2D eigenvalue weighted by atomic mass is 19.1. The SMILES string of the molecule is O=C(NC1CCCCC1)N1CCC(n2cnc(-c3cccc(F)c3)c2)CC1. The van der Waals surface area contributed by atoms with Crippen molar-refractivity contribution in [1.82, 2.24) is 19.8 Å². The van der Waals surface area contributed by atoms with Gasteiger partial charge in [-0.15, -0.1) is 0 Å². The summed E-state index contributed by atoms with van der Waals surface area (Å²) in [5, 5.41) is 3.21. The maximum Gasteiger partial charge on any atom is 0.317 e. The number of amides is 2. The lowest BCUT2D eigenvalue weighted by molar-refractivity contribution is 0.165. The van der Waals surface area contributed by atoms with E-state index in [1.54, 1.807) is 6.07 Å². The fraction of sp³-hybridized carbons (Fsp3) is 0.524. The Morgan fingerprint density at radius 3 is 2.63 bits per heavy atom. The molecular formula is C21H27FN4O. The number of nitrogens with zero attached hydrogens (tertiary/aromatic N) is 3. The number of carbonyl (C=O) groups is 1. The molecule has 4 rings (SSSR count). The van der Waals surface area contributed by atoms with Gasteiger partial charge in [-0.1, -0.05) is 31.4 Å². The van der Waals surface area contributed by atoms with Crippen molar-refractivity contribution in [2.24, 2.45) is 0 Å². The molecule has 5 nitrogen and oxygen atoms in total. The summed E-state index contributed by atoms with van der Waals surface area (Å²) in [5.74, 6) is -0.251. The Hall–Kier alpha value is -2.37. The minimum Gasteiger partial charge on any atom is -0.335 e. The van der Waals surface area contributed by atoms with Gasteiger partial charge in [0.1, 0.15) is 5.82 Å². The molecule has 144 valence electrons. The van der Waals surface area contributed by atoms with Crippen molar-refractivity contribution in [2.45, 2.75) is 57.0 Å². The summed E-state index contributed by atoms with van der Waals surface area (Å²) in [6.07, 6.45) is 11.6. The van der Waals surface area contributed by atoms with E-state index in [1.165, 1.54) is 31.4 Å². The molecule has 1 aromatic carbocycles. The maximum absolute atomic E-state index is 13.4. The number of likely N-dealkylation sites (tertiary alicyclic amines) is 1. The average molecular weight is 370 g/mol. The molecule has 2 aromatic rings. The Balaban J connectivity index is 1.32. The van der Waals surface area contributed by atoms with Gasteiger partial charge in [0, 0.05) is 36.9 Å². The molecule has 1 aliphatic carbocycles. The Morgan fingerprint density at radius 2 is 1.89 bits per heavy atom. The molecule has 27 heavy (non-hydrogen) atoms. The van der Waals surface area contributed by atoms with E-state index in [2.05, 4.69) is 14.9 Å². The van der Waals surface area contributed by atoms with Crippen LogP contribution in [0.25, 0.3) is 11.3 Å². The maximum atomic E-state index is 13.4. The first-order valence-electron chi connectivity index (χ1n) is 10.0. The fourth-order valence-corrected chi connectivity index (χ4v) is 4.21. The Labute approximate surface area is 159 Å².